The normalized spacial score (nSPS) is 11.0. The fourth-order valence-corrected chi connectivity index (χ4v) is 5.31. The van der Waals surface area contributed by atoms with Gasteiger partial charge in [0.2, 0.25) is 0 Å². The maximum atomic E-state index is 14.1. The molecule has 0 aliphatic heterocycles. The molecule has 0 spiro atoms. The van der Waals surface area contributed by atoms with Gasteiger partial charge in [0, 0.05) is 28.2 Å². The van der Waals surface area contributed by atoms with Crippen molar-refractivity contribution in [3.63, 3.8) is 0 Å². The summed E-state index contributed by atoms with van der Waals surface area (Å²) in [5.74, 6) is -0.189. The van der Waals surface area contributed by atoms with E-state index in [9.17, 15) is 9.59 Å². The molecule has 0 saturated carbocycles. The zero-order chi connectivity index (χ0) is 25.8. The van der Waals surface area contributed by atoms with Gasteiger partial charge in [-0.05, 0) is 55.5 Å². The third kappa shape index (κ3) is 5.01. The summed E-state index contributed by atoms with van der Waals surface area (Å²) in [6.07, 6.45) is 2.37. The number of aromatic nitrogens is 2. The zero-order valence-electron chi connectivity index (χ0n) is 21.0. The number of rotatable bonds is 8. The van der Waals surface area contributed by atoms with Crippen LogP contribution in [0.1, 0.15) is 54.4 Å². The van der Waals surface area contributed by atoms with E-state index >= 15 is 0 Å². The molecular formula is C29H30ClN3O2S. The molecule has 7 heteroatoms. The van der Waals surface area contributed by atoms with E-state index in [-0.39, 0.29) is 11.5 Å². The number of thiazole rings is 1. The molecule has 0 fully saturated rings. The largest absolute Gasteiger partial charge is 0.352 e. The second-order valence-corrected chi connectivity index (χ2v) is 9.92. The SMILES string of the molecule is CCCNC(=O)c1cc(-c2nc(-c3ccc(Cl)cc3)cs2)c(=O)n(-c2c(CC)cccc2CC)c1C. The highest BCUT2D eigenvalue weighted by Gasteiger charge is 2.23. The Morgan fingerprint density at radius 1 is 1.06 bits per heavy atom. The minimum atomic E-state index is -0.189. The van der Waals surface area contributed by atoms with Crippen LogP contribution in [0.3, 0.4) is 0 Å². The molecule has 0 radical (unpaired) electrons. The van der Waals surface area contributed by atoms with Crippen LogP contribution >= 0.6 is 22.9 Å². The minimum absolute atomic E-state index is 0.174. The van der Waals surface area contributed by atoms with Crippen LogP contribution in [0.25, 0.3) is 27.5 Å². The van der Waals surface area contributed by atoms with E-state index in [0.29, 0.717) is 33.4 Å². The number of aryl methyl sites for hydroxylation is 2. The Bertz CT molecular complexity index is 1430. The zero-order valence-corrected chi connectivity index (χ0v) is 22.6. The molecule has 0 saturated heterocycles. The first-order valence-corrected chi connectivity index (χ1v) is 13.5. The third-order valence-electron chi connectivity index (χ3n) is 6.29. The molecule has 2 aromatic carbocycles. The van der Waals surface area contributed by atoms with Gasteiger partial charge in [-0.15, -0.1) is 11.3 Å². The van der Waals surface area contributed by atoms with Crippen LogP contribution < -0.4 is 10.9 Å². The lowest BCUT2D eigenvalue weighted by molar-refractivity contribution is 0.0952. The Kier molecular flexibility index (Phi) is 8.07. The molecule has 0 atom stereocenters. The first kappa shape index (κ1) is 25.9. The van der Waals surface area contributed by atoms with Gasteiger partial charge in [-0.1, -0.05) is 62.7 Å². The van der Waals surface area contributed by atoms with E-state index < -0.39 is 0 Å². The summed E-state index contributed by atoms with van der Waals surface area (Å²) < 4.78 is 1.72. The molecule has 4 aromatic rings. The van der Waals surface area contributed by atoms with Gasteiger partial charge in [-0.25, -0.2) is 4.98 Å². The van der Waals surface area contributed by atoms with Gasteiger partial charge >= 0.3 is 0 Å². The number of pyridine rings is 1. The molecule has 36 heavy (non-hydrogen) atoms. The summed E-state index contributed by atoms with van der Waals surface area (Å²) >= 11 is 7.44. The number of carbonyl (C=O) groups is 1. The molecule has 0 aliphatic carbocycles. The second kappa shape index (κ2) is 11.2. The maximum Gasteiger partial charge on any atom is 0.265 e. The molecule has 4 rings (SSSR count). The summed E-state index contributed by atoms with van der Waals surface area (Å²) in [4.78, 5) is 32.1. The lowest BCUT2D eigenvalue weighted by Gasteiger charge is -2.21. The van der Waals surface area contributed by atoms with Crippen molar-refractivity contribution >= 4 is 28.8 Å². The number of carbonyl (C=O) groups excluding carboxylic acids is 1. The number of hydrogen-bond donors (Lipinski definition) is 1. The standard InChI is InChI=1S/C29H30ClN3O2S/c1-5-15-31-27(34)23-16-24(28-32-25(17-36-28)21-11-13-22(30)14-12-21)29(35)33(18(23)4)26-19(6-2)9-8-10-20(26)7-3/h8-14,16-17H,5-7,15H2,1-4H3,(H,31,34). The summed E-state index contributed by atoms with van der Waals surface area (Å²) in [7, 11) is 0. The van der Waals surface area contributed by atoms with E-state index in [4.69, 9.17) is 16.6 Å². The molecular weight excluding hydrogens is 490 g/mol. The molecule has 0 unspecified atom stereocenters. The Morgan fingerprint density at radius 3 is 2.33 bits per heavy atom. The number of nitrogens with zero attached hydrogens (tertiary/aromatic N) is 2. The van der Waals surface area contributed by atoms with Gasteiger partial charge in [-0.3, -0.25) is 14.2 Å². The Morgan fingerprint density at radius 2 is 1.72 bits per heavy atom. The second-order valence-electron chi connectivity index (χ2n) is 8.63. The van der Waals surface area contributed by atoms with Crippen molar-refractivity contribution in [1.82, 2.24) is 14.9 Å². The number of para-hydroxylation sites is 1. The number of halogens is 1. The van der Waals surface area contributed by atoms with Crippen LogP contribution in [0, 0.1) is 6.92 Å². The monoisotopic (exact) mass is 519 g/mol. The molecule has 2 heterocycles. The molecule has 1 amide bonds. The van der Waals surface area contributed by atoms with Crippen LogP contribution in [-0.4, -0.2) is 22.0 Å². The molecule has 5 nitrogen and oxygen atoms in total. The molecule has 0 aliphatic rings. The molecule has 2 aromatic heterocycles. The molecule has 0 bridgehead atoms. The fourth-order valence-electron chi connectivity index (χ4n) is 4.34. The summed E-state index contributed by atoms with van der Waals surface area (Å²) in [5, 5.41) is 6.13. The lowest BCUT2D eigenvalue weighted by atomic mass is 10.0. The highest BCUT2D eigenvalue weighted by atomic mass is 35.5. The van der Waals surface area contributed by atoms with Crippen molar-refractivity contribution in [2.45, 2.75) is 47.0 Å². The Balaban J connectivity index is 1.97. The van der Waals surface area contributed by atoms with Crippen molar-refractivity contribution in [2.75, 3.05) is 6.54 Å². The van der Waals surface area contributed by atoms with E-state index in [1.807, 2.05) is 61.7 Å². The van der Waals surface area contributed by atoms with Gasteiger partial charge in [0.25, 0.3) is 11.5 Å². The predicted molar refractivity (Wildman–Crippen MR) is 150 cm³/mol. The van der Waals surface area contributed by atoms with Gasteiger partial charge in [0.15, 0.2) is 0 Å². The van der Waals surface area contributed by atoms with Crippen molar-refractivity contribution in [2.24, 2.45) is 0 Å². The average Bonchev–Trinajstić information content (AvgIpc) is 3.37. The molecule has 1 N–H and O–H groups in total. The van der Waals surface area contributed by atoms with Gasteiger partial charge in [0.05, 0.1) is 22.5 Å². The summed E-state index contributed by atoms with van der Waals surface area (Å²) in [6, 6.07) is 15.3. The van der Waals surface area contributed by atoms with Crippen LogP contribution in [0.5, 0.6) is 0 Å². The van der Waals surface area contributed by atoms with Gasteiger partial charge in [-0.2, -0.15) is 0 Å². The van der Waals surface area contributed by atoms with Gasteiger partial charge in [0.1, 0.15) is 5.01 Å². The maximum absolute atomic E-state index is 14.1. The Hall–Kier alpha value is -3.22. The average molecular weight is 520 g/mol. The van der Waals surface area contributed by atoms with Crippen LogP contribution in [0.2, 0.25) is 5.02 Å². The first-order valence-electron chi connectivity index (χ1n) is 12.3. The van der Waals surface area contributed by atoms with E-state index in [2.05, 4.69) is 19.2 Å². The van der Waals surface area contributed by atoms with Crippen molar-refractivity contribution < 1.29 is 4.79 Å². The number of hydrogen-bond acceptors (Lipinski definition) is 4. The van der Waals surface area contributed by atoms with E-state index in [1.165, 1.54) is 11.3 Å². The molecule has 186 valence electrons. The van der Waals surface area contributed by atoms with Gasteiger partial charge < -0.3 is 5.32 Å². The number of amides is 1. The number of nitrogens with one attached hydrogen (secondary N) is 1. The van der Waals surface area contributed by atoms with Crippen LogP contribution in [-0.2, 0) is 12.8 Å². The van der Waals surface area contributed by atoms with Crippen molar-refractivity contribution in [3.8, 4) is 27.5 Å². The predicted octanol–water partition coefficient (Wildman–Crippen LogP) is 6.85. The summed E-state index contributed by atoms with van der Waals surface area (Å²) in [5.41, 5.74) is 6.03. The third-order valence-corrected chi connectivity index (χ3v) is 7.42. The minimum Gasteiger partial charge on any atom is -0.352 e. The number of benzene rings is 2. The smallest absolute Gasteiger partial charge is 0.265 e. The van der Waals surface area contributed by atoms with Crippen LogP contribution in [0.15, 0.2) is 58.7 Å². The Labute approximate surface area is 220 Å². The quantitative estimate of drug-likeness (QED) is 0.277. The lowest BCUT2D eigenvalue weighted by Crippen LogP contribution is -2.31. The van der Waals surface area contributed by atoms with E-state index in [0.717, 1.165) is 47.3 Å². The first-order chi connectivity index (χ1) is 17.4. The van der Waals surface area contributed by atoms with E-state index in [1.54, 1.807) is 10.6 Å². The topological polar surface area (TPSA) is 64.0 Å². The van der Waals surface area contributed by atoms with Crippen LogP contribution in [0.4, 0.5) is 0 Å². The highest BCUT2D eigenvalue weighted by Crippen LogP contribution is 2.30. The van der Waals surface area contributed by atoms with Crippen molar-refractivity contribution in [1.29, 1.82) is 0 Å². The van der Waals surface area contributed by atoms with Crippen molar-refractivity contribution in [3.05, 3.63) is 91.7 Å². The summed E-state index contributed by atoms with van der Waals surface area (Å²) in [6.45, 7) is 8.58. The fraction of sp³-hybridized carbons (Fsp3) is 0.276. The highest BCUT2D eigenvalue weighted by molar-refractivity contribution is 7.13.